The molecule has 60 valence electrons. The van der Waals surface area contributed by atoms with Crippen LogP contribution in [0, 0.1) is 0 Å². The fraction of sp³-hybridized carbons (Fsp3) is 1.00. The van der Waals surface area contributed by atoms with Gasteiger partial charge in [-0.25, -0.2) is 4.39 Å². The molecule has 0 radical (unpaired) electrons. The molecule has 10 heavy (non-hydrogen) atoms. The van der Waals surface area contributed by atoms with Crippen LogP contribution in [0.3, 0.4) is 0 Å². The number of nitrogens with one attached hydrogen (secondary N) is 2. The Bertz CT molecular complexity index is 95.6. The van der Waals surface area contributed by atoms with Crippen LogP contribution in [-0.4, -0.2) is 31.8 Å². The van der Waals surface area contributed by atoms with Crippen LogP contribution >= 0.6 is 0 Å². The molecular weight excluding hydrogens is 131 g/mol. The zero-order chi connectivity index (χ0) is 7.40. The first-order valence-corrected chi connectivity index (χ1v) is 3.91. The fourth-order valence-electron chi connectivity index (χ4n) is 1.33. The van der Waals surface area contributed by atoms with Crippen LogP contribution in [0.1, 0.15) is 13.3 Å². The minimum atomic E-state index is -0.655. The Hall–Kier alpha value is -0.150. The van der Waals surface area contributed by atoms with Gasteiger partial charge in [0.2, 0.25) is 0 Å². The van der Waals surface area contributed by atoms with Crippen molar-refractivity contribution in [2.24, 2.45) is 0 Å². The molecule has 0 aliphatic carbocycles. The highest BCUT2D eigenvalue weighted by Gasteiger charge is 2.19. The molecule has 1 aliphatic rings. The second-order valence-electron chi connectivity index (χ2n) is 2.75. The van der Waals surface area contributed by atoms with Crippen molar-refractivity contribution in [2.75, 3.05) is 19.6 Å². The summed E-state index contributed by atoms with van der Waals surface area (Å²) in [7, 11) is 0. The molecule has 0 aromatic carbocycles. The molecule has 0 spiro atoms. The summed E-state index contributed by atoms with van der Waals surface area (Å²) in [6.45, 7) is 4.41. The van der Waals surface area contributed by atoms with Crippen LogP contribution in [-0.2, 0) is 0 Å². The van der Waals surface area contributed by atoms with E-state index >= 15 is 0 Å². The Balaban J connectivity index is 2.18. The van der Waals surface area contributed by atoms with E-state index in [2.05, 4.69) is 10.6 Å². The average molecular weight is 146 g/mol. The number of piperidine rings is 1. The summed E-state index contributed by atoms with van der Waals surface area (Å²) in [4.78, 5) is 0. The van der Waals surface area contributed by atoms with Crippen LogP contribution < -0.4 is 10.6 Å². The third kappa shape index (κ3) is 2.23. The summed E-state index contributed by atoms with van der Waals surface area (Å²) in [6.07, 6.45) is 0.0127. The highest BCUT2D eigenvalue weighted by atomic mass is 19.1. The summed E-state index contributed by atoms with van der Waals surface area (Å²) in [5.74, 6) is 0. The molecule has 1 rings (SSSR count). The highest BCUT2D eigenvalue weighted by Crippen LogP contribution is 2.05. The molecule has 3 heteroatoms. The molecule has 2 N–H and O–H groups in total. The van der Waals surface area contributed by atoms with E-state index in [-0.39, 0.29) is 0 Å². The van der Waals surface area contributed by atoms with E-state index in [1.807, 2.05) is 6.92 Å². The second kappa shape index (κ2) is 3.88. The lowest BCUT2D eigenvalue weighted by molar-refractivity contribution is 0.230. The number of hydrogen-bond donors (Lipinski definition) is 2. The van der Waals surface area contributed by atoms with Gasteiger partial charge in [-0.3, -0.25) is 0 Å². The Labute approximate surface area is 61.2 Å². The van der Waals surface area contributed by atoms with Crippen molar-refractivity contribution in [3.05, 3.63) is 0 Å². The lowest BCUT2D eigenvalue weighted by Crippen LogP contribution is -2.47. The quantitative estimate of drug-likeness (QED) is 0.585. The van der Waals surface area contributed by atoms with Gasteiger partial charge in [-0.1, -0.05) is 6.92 Å². The number of rotatable bonds is 2. The van der Waals surface area contributed by atoms with E-state index in [9.17, 15) is 4.39 Å². The number of halogens is 1. The monoisotopic (exact) mass is 146 g/mol. The normalized spacial score (nSPS) is 34.2. The summed E-state index contributed by atoms with van der Waals surface area (Å²) in [5, 5.41) is 6.24. The van der Waals surface area contributed by atoms with Crippen molar-refractivity contribution in [2.45, 2.75) is 25.6 Å². The maximum Gasteiger partial charge on any atom is 0.114 e. The predicted molar refractivity (Wildman–Crippen MR) is 39.8 cm³/mol. The second-order valence-corrected chi connectivity index (χ2v) is 2.75. The van der Waals surface area contributed by atoms with Crippen LogP contribution in [0.15, 0.2) is 0 Å². The molecule has 1 saturated heterocycles. The Morgan fingerprint density at radius 1 is 1.60 bits per heavy atom. The SMILES string of the molecule is CCN[C@@H]1CNC[C@@H](F)C1. The zero-order valence-corrected chi connectivity index (χ0v) is 6.36. The smallest absolute Gasteiger partial charge is 0.114 e. The molecule has 1 heterocycles. The predicted octanol–water partition coefficient (Wildman–Crippen LogP) is 0.296. The minimum Gasteiger partial charge on any atom is -0.313 e. The summed E-state index contributed by atoms with van der Waals surface area (Å²) >= 11 is 0. The number of alkyl halides is 1. The Kier molecular flexibility index (Phi) is 3.09. The third-order valence-corrected chi connectivity index (χ3v) is 1.79. The maximum atomic E-state index is 12.7. The summed E-state index contributed by atoms with van der Waals surface area (Å²) in [6, 6.07) is 0.341. The maximum absolute atomic E-state index is 12.7. The summed E-state index contributed by atoms with van der Waals surface area (Å²) < 4.78 is 12.7. The number of hydrogen-bond acceptors (Lipinski definition) is 2. The van der Waals surface area contributed by atoms with Crippen molar-refractivity contribution in [1.29, 1.82) is 0 Å². The fourth-order valence-corrected chi connectivity index (χ4v) is 1.33. The first-order valence-electron chi connectivity index (χ1n) is 3.91. The Morgan fingerprint density at radius 2 is 2.40 bits per heavy atom. The van der Waals surface area contributed by atoms with Crippen molar-refractivity contribution in [1.82, 2.24) is 10.6 Å². The topological polar surface area (TPSA) is 24.1 Å². The molecule has 0 saturated carbocycles. The lowest BCUT2D eigenvalue weighted by Gasteiger charge is -2.25. The van der Waals surface area contributed by atoms with Gasteiger partial charge in [0.15, 0.2) is 0 Å². The van der Waals surface area contributed by atoms with Crippen molar-refractivity contribution in [3.8, 4) is 0 Å². The van der Waals surface area contributed by atoms with Crippen molar-refractivity contribution >= 4 is 0 Å². The van der Waals surface area contributed by atoms with Gasteiger partial charge in [0.25, 0.3) is 0 Å². The zero-order valence-electron chi connectivity index (χ0n) is 6.36. The van der Waals surface area contributed by atoms with E-state index in [1.165, 1.54) is 0 Å². The molecule has 0 aromatic rings. The van der Waals surface area contributed by atoms with Crippen LogP contribution in [0.2, 0.25) is 0 Å². The first-order chi connectivity index (χ1) is 4.83. The van der Waals surface area contributed by atoms with Crippen molar-refractivity contribution in [3.63, 3.8) is 0 Å². The van der Waals surface area contributed by atoms with E-state index in [1.54, 1.807) is 0 Å². The molecule has 1 aliphatic heterocycles. The van der Waals surface area contributed by atoms with Crippen LogP contribution in [0.5, 0.6) is 0 Å². The molecule has 2 nitrogen and oxygen atoms in total. The molecule has 0 amide bonds. The molecular formula is C7H15FN2. The third-order valence-electron chi connectivity index (χ3n) is 1.79. The summed E-state index contributed by atoms with van der Waals surface area (Å²) in [5.41, 5.74) is 0. The van der Waals surface area contributed by atoms with Gasteiger partial charge in [-0.05, 0) is 13.0 Å². The van der Waals surface area contributed by atoms with Gasteiger partial charge in [0.1, 0.15) is 6.17 Å². The van der Waals surface area contributed by atoms with Gasteiger partial charge in [-0.2, -0.15) is 0 Å². The molecule has 2 atom stereocenters. The largest absolute Gasteiger partial charge is 0.313 e. The average Bonchev–Trinajstić information content (AvgIpc) is 1.88. The first kappa shape index (κ1) is 7.95. The molecule has 0 unspecified atom stereocenters. The van der Waals surface area contributed by atoms with E-state index in [4.69, 9.17) is 0 Å². The standard InChI is InChI=1S/C7H15FN2/c1-2-10-7-3-6(8)4-9-5-7/h6-7,9-10H,2-5H2,1H3/t6-,7-/m0/s1. The minimum absolute atomic E-state index is 0.341. The number of likely N-dealkylation sites (N-methyl/N-ethyl adjacent to an activating group) is 1. The Morgan fingerprint density at radius 3 is 3.00 bits per heavy atom. The van der Waals surface area contributed by atoms with Gasteiger partial charge < -0.3 is 10.6 Å². The molecule has 0 bridgehead atoms. The van der Waals surface area contributed by atoms with Gasteiger partial charge >= 0.3 is 0 Å². The van der Waals surface area contributed by atoms with Crippen molar-refractivity contribution < 1.29 is 4.39 Å². The van der Waals surface area contributed by atoms with E-state index in [0.29, 0.717) is 19.0 Å². The van der Waals surface area contributed by atoms with E-state index < -0.39 is 6.17 Å². The van der Waals surface area contributed by atoms with Crippen LogP contribution in [0.4, 0.5) is 4.39 Å². The van der Waals surface area contributed by atoms with E-state index in [0.717, 1.165) is 13.1 Å². The van der Waals surface area contributed by atoms with Gasteiger partial charge in [0, 0.05) is 19.1 Å². The lowest BCUT2D eigenvalue weighted by atomic mass is 10.1. The van der Waals surface area contributed by atoms with Crippen LogP contribution in [0.25, 0.3) is 0 Å². The molecule has 0 aromatic heterocycles. The van der Waals surface area contributed by atoms with Gasteiger partial charge in [-0.15, -0.1) is 0 Å². The molecule has 1 fully saturated rings. The highest BCUT2D eigenvalue weighted by molar-refractivity contribution is 4.79. The van der Waals surface area contributed by atoms with Gasteiger partial charge in [0.05, 0.1) is 0 Å².